The van der Waals surface area contributed by atoms with E-state index in [1.54, 1.807) is 0 Å². The van der Waals surface area contributed by atoms with Crippen LogP contribution in [0.15, 0.2) is 0 Å². The Balaban J connectivity index is 2.95. The second-order valence-corrected chi connectivity index (χ2v) is 2.73. The summed E-state index contributed by atoms with van der Waals surface area (Å²) in [6.45, 7) is 5.15. The van der Waals surface area contributed by atoms with Crippen molar-refractivity contribution in [3.8, 4) is 0 Å². The molecule has 0 aliphatic carbocycles. The van der Waals surface area contributed by atoms with E-state index >= 15 is 0 Å². The molecule has 0 bridgehead atoms. The lowest BCUT2D eigenvalue weighted by atomic mass is 10.3. The average Bonchev–Trinajstić information content (AvgIpc) is 2.16. The summed E-state index contributed by atoms with van der Waals surface area (Å²) in [7, 11) is 0. The molecule has 0 saturated heterocycles. The first kappa shape index (κ1) is 12.5. The molecule has 0 aliphatic heterocycles. The lowest BCUT2D eigenvalue weighted by Gasteiger charge is -2.04. The van der Waals surface area contributed by atoms with Crippen LogP contribution in [0.2, 0.25) is 0 Å². The molecule has 5 nitrogen and oxygen atoms in total. The van der Waals surface area contributed by atoms with Gasteiger partial charge < -0.3 is 15.8 Å². The highest BCUT2D eigenvalue weighted by atomic mass is 16.5. The number of hydrogen-bond donors (Lipinski definition) is 4. The van der Waals surface area contributed by atoms with Gasteiger partial charge in [0.2, 0.25) is 0 Å². The lowest BCUT2D eigenvalue weighted by molar-refractivity contribution is -0.117. The predicted molar refractivity (Wildman–Crippen MR) is 50.8 cm³/mol. The third-order valence-electron chi connectivity index (χ3n) is 1.61. The molecule has 4 N–H and O–H groups in total. The number of carbonyl (C=O) groups excluding carboxylic acids is 1. The van der Waals surface area contributed by atoms with Crippen LogP contribution in [-0.2, 0) is 4.79 Å². The van der Waals surface area contributed by atoms with E-state index < -0.39 is 0 Å². The van der Waals surface area contributed by atoms with E-state index in [1.807, 2.05) is 12.4 Å². The highest BCUT2D eigenvalue weighted by Gasteiger charge is 1.95. The molecule has 0 atom stereocenters. The smallest absolute Gasteiger partial charge is 0.146 e. The quantitative estimate of drug-likeness (QED) is 0.280. The minimum Gasteiger partial charge on any atom is -0.317 e. The number of carbonyl (C=O) groups is 1. The molecule has 0 aromatic carbocycles. The Morgan fingerprint density at radius 1 is 1.15 bits per heavy atom. The van der Waals surface area contributed by atoms with Gasteiger partial charge in [-0.15, -0.1) is 0 Å². The summed E-state index contributed by atoms with van der Waals surface area (Å²) < 4.78 is 0. The largest absolute Gasteiger partial charge is 0.317 e. The maximum atomic E-state index is 10.8. The van der Waals surface area contributed by atoms with Gasteiger partial charge in [-0.1, -0.05) is 6.92 Å². The summed E-state index contributed by atoms with van der Waals surface area (Å²) in [5.41, 5.74) is 2.05. The van der Waals surface area contributed by atoms with Crippen LogP contribution >= 0.6 is 0 Å². The van der Waals surface area contributed by atoms with Gasteiger partial charge in [0.15, 0.2) is 0 Å². The summed E-state index contributed by atoms with van der Waals surface area (Å²) >= 11 is 0. The molecule has 5 heteroatoms. The van der Waals surface area contributed by atoms with E-state index in [2.05, 4.69) is 10.6 Å². The first-order chi connectivity index (χ1) is 6.31. The summed E-state index contributed by atoms with van der Waals surface area (Å²) in [5.74, 6) is 0.233. The van der Waals surface area contributed by atoms with E-state index in [1.165, 1.54) is 0 Å². The van der Waals surface area contributed by atoms with Crippen molar-refractivity contribution >= 4 is 5.78 Å². The van der Waals surface area contributed by atoms with Crippen molar-refractivity contribution in [1.29, 1.82) is 0 Å². The van der Waals surface area contributed by atoms with Crippen LogP contribution in [-0.4, -0.2) is 43.7 Å². The summed E-state index contributed by atoms with van der Waals surface area (Å²) in [4.78, 5) is 10.8. The number of ketones is 1. The molecule has 0 saturated carbocycles. The Hall–Kier alpha value is -0.490. The molecule has 0 fully saturated rings. The highest BCUT2D eigenvalue weighted by Crippen LogP contribution is 1.75. The summed E-state index contributed by atoms with van der Waals surface area (Å²) in [6.07, 6.45) is 0.592. The minimum atomic E-state index is 0.233. The van der Waals surface area contributed by atoms with E-state index in [0.29, 0.717) is 19.5 Å². The molecule has 13 heavy (non-hydrogen) atoms. The van der Waals surface area contributed by atoms with Crippen LogP contribution in [0.3, 0.4) is 0 Å². The number of Topliss-reactive ketones (excluding diaryl/α,β-unsaturated/α-hetero) is 1. The second-order valence-electron chi connectivity index (χ2n) is 2.73. The van der Waals surface area contributed by atoms with Crippen molar-refractivity contribution < 1.29 is 10.0 Å². The van der Waals surface area contributed by atoms with Gasteiger partial charge in [-0.25, -0.2) is 5.48 Å². The SMILES string of the molecule is CCC(=O)CNCCNCCNO. The third-order valence-corrected chi connectivity index (χ3v) is 1.61. The summed E-state index contributed by atoms with van der Waals surface area (Å²) in [5, 5.41) is 14.3. The van der Waals surface area contributed by atoms with Crippen LogP contribution in [0.4, 0.5) is 0 Å². The second kappa shape index (κ2) is 9.60. The van der Waals surface area contributed by atoms with E-state index in [-0.39, 0.29) is 5.78 Å². The first-order valence-corrected chi connectivity index (χ1v) is 4.61. The number of rotatable bonds is 9. The molecule has 0 unspecified atom stereocenters. The molecule has 78 valence electrons. The van der Waals surface area contributed by atoms with Crippen LogP contribution in [0.1, 0.15) is 13.3 Å². The fourth-order valence-electron chi connectivity index (χ4n) is 0.799. The normalized spacial score (nSPS) is 10.3. The number of hydroxylamine groups is 1. The molecule has 0 aliphatic rings. The van der Waals surface area contributed by atoms with Crippen molar-refractivity contribution in [1.82, 2.24) is 16.1 Å². The molecule has 0 rings (SSSR count). The third kappa shape index (κ3) is 9.42. The number of hydrogen-bond acceptors (Lipinski definition) is 5. The van der Waals surface area contributed by atoms with Gasteiger partial charge in [-0.3, -0.25) is 4.79 Å². The molecule has 0 aromatic rings. The Labute approximate surface area is 78.9 Å². The maximum absolute atomic E-state index is 10.8. The van der Waals surface area contributed by atoms with Gasteiger partial charge in [0.05, 0.1) is 6.54 Å². The predicted octanol–water partition coefficient (Wildman–Crippen LogP) is -0.876. The van der Waals surface area contributed by atoms with Crippen LogP contribution in [0.5, 0.6) is 0 Å². The molecule has 0 radical (unpaired) electrons. The zero-order valence-electron chi connectivity index (χ0n) is 8.10. The number of nitrogens with one attached hydrogen (secondary N) is 3. The van der Waals surface area contributed by atoms with E-state index in [4.69, 9.17) is 5.21 Å². The monoisotopic (exact) mass is 189 g/mol. The van der Waals surface area contributed by atoms with Crippen LogP contribution < -0.4 is 16.1 Å². The van der Waals surface area contributed by atoms with Gasteiger partial charge >= 0.3 is 0 Å². The zero-order chi connectivity index (χ0) is 9.94. The van der Waals surface area contributed by atoms with Crippen molar-refractivity contribution in [2.45, 2.75) is 13.3 Å². The Morgan fingerprint density at radius 3 is 2.38 bits per heavy atom. The lowest BCUT2D eigenvalue weighted by Crippen LogP contribution is -2.33. The Morgan fingerprint density at radius 2 is 1.77 bits per heavy atom. The average molecular weight is 189 g/mol. The van der Waals surface area contributed by atoms with Crippen molar-refractivity contribution in [2.75, 3.05) is 32.7 Å². The topological polar surface area (TPSA) is 73.4 Å². The van der Waals surface area contributed by atoms with Gasteiger partial charge in [0.1, 0.15) is 5.78 Å². The van der Waals surface area contributed by atoms with E-state index in [0.717, 1.165) is 19.6 Å². The maximum Gasteiger partial charge on any atom is 0.146 e. The van der Waals surface area contributed by atoms with E-state index in [9.17, 15) is 4.79 Å². The Bertz CT molecular complexity index is 131. The molecule has 0 amide bonds. The molecule has 0 aromatic heterocycles. The standard InChI is InChI=1S/C8H19N3O2/c1-2-8(12)7-10-4-3-9-5-6-11-13/h9-11,13H,2-7H2,1H3. The van der Waals surface area contributed by atoms with Gasteiger partial charge in [-0.2, -0.15) is 0 Å². The first-order valence-electron chi connectivity index (χ1n) is 4.61. The highest BCUT2D eigenvalue weighted by molar-refractivity contribution is 5.80. The molecular formula is C8H19N3O2. The Kier molecular flexibility index (Phi) is 9.24. The summed E-state index contributed by atoms with van der Waals surface area (Å²) in [6, 6.07) is 0. The van der Waals surface area contributed by atoms with Crippen LogP contribution in [0.25, 0.3) is 0 Å². The van der Waals surface area contributed by atoms with Crippen molar-refractivity contribution in [3.05, 3.63) is 0 Å². The molecular weight excluding hydrogens is 170 g/mol. The molecule has 0 spiro atoms. The van der Waals surface area contributed by atoms with Crippen molar-refractivity contribution in [3.63, 3.8) is 0 Å². The minimum absolute atomic E-state index is 0.233. The van der Waals surface area contributed by atoms with Crippen LogP contribution in [0, 0.1) is 0 Å². The fraction of sp³-hybridized carbons (Fsp3) is 0.875. The van der Waals surface area contributed by atoms with Gasteiger partial charge in [-0.05, 0) is 0 Å². The zero-order valence-corrected chi connectivity index (χ0v) is 8.10. The van der Waals surface area contributed by atoms with Gasteiger partial charge in [0.25, 0.3) is 0 Å². The van der Waals surface area contributed by atoms with Gasteiger partial charge in [0, 0.05) is 32.6 Å². The molecule has 0 heterocycles. The van der Waals surface area contributed by atoms with Crippen molar-refractivity contribution in [2.24, 2.45) is 0 Å². The fourth-order valence-corrected chi connectivity index (χ4v) is 0.799.